The number of aromatic nitrogens is 1. The highest BCUT2D eigenvalue weighted by molar-refractivity contribution is 9.10. The van der Waals surface area contributed by atoms with E-state index in [1.54, 1.807) is 32.9 Å². The molecule has 1 aromatic heterocycles. The highest BCUT2D eigenvalue weighted by Gasteiger charge is 2.58. The maximum Gasteiger partial charge on any atom is 0.415 e. The summed E-state index contributed by atoms with van der Waals surface area (Å²) in [4.78, 5) is 35.6. The number of hydrogen-bond donors (Lipinski definition) is 1. The number of likely N-dealkylation sites (tertiary alicyclic amines) is 1. The Morgan fingerprint density at radius 1 is 1.36 bits per heavy atom. The first-order valence-corrected chi connectivity index (χ1v) is 15.2. The molecule has 2 amide bonds. The molecule has 4 aliphatic rings. The molecule has 2 aromatic rings. The van der Waals surface area contributed by atoms with Gasteiger partial charge in [0.25, 0.3) is 0 Å². The topological polar surface area (TPSA) is 119 Å². The SMILES string of the molecule is C[C@H](Oc1cc(N(C(=O)OC(C)(C)C)C2C3CC2N(C(=O)O)C3)c2cc(CCC#N)c(Br)c(F)c2n1)[C@@H]1CCCN1C. The molecule has 12 heteroatoms. The zero-order valence-electron chi connectivity index (χ0n) is 24.6. The van der Waals surface area contributed by atoms with Gasteiger partial charge in [0.1, 0.15) is 17.2 Å². The molecule has 1 aliphatic carbocycles. The normalized spacial score (nSPS) is 24.3. The van der Waals surface area contributed by atoms with E-state index in [4.69, 9.17) is 9.47 Å². The number of likely N-dealkylation sites (N-methyl/N-ethyl adjacent to an activating group) is 1. The number of ether oxygens (including phenoxy) is 2. The van der Waals surface area contributed by atoms with Gasteiger partial charge in [0.15, 0.2) is 5.82 Å². The maximum atomic E-state index is 16.0. The number of aryl methyl sites for hydroxylation is 1. The molecule has 4 heterocycles. The van der Waals surface area contributed by atoms with Crippen molar-refractivity contribution in [3.8, 4) is 11.9 Å². The van der Waals surface area contributed by atoms with E-state index in [1.165, 1.54) is 9.80 Å². The van der Waals surface area contributed by atoms with E-state index >= 15 is 4.39 Å². The number of carbonyl (C=O) groups excluding carboxylic acids is 1. The first-order chi connectivity index (χ1) is 19.8. The number of carboxylic acid groups (broad SMARTS) is 1. The number of rotatable bonds is 7. The Bertz CT molecular complexity index is 1440. The van der Waals surface area contributed by atoms with E-state index in [9.17, 15) is 20.0 Å². The summed E-state index contributed by atoms with van der Waals surface area (Å²) in [5.41, 5.74) is 0.0814. The summed E-state index contributed by atoms with van der Waals surface area (Å²) in [5, 5.41) is 19.4. The molecule has 226 valence electrons. The number of fused-ring (bicyclic) bond motifs is 2. The third-order valence-corrected chi connectivity index (χ3v) is 9.45. The Balaban J connectivity index is 1.68. The van der Waals surface area contributed by atoms with Gasteiger partial charge in [-0.05, 0) is 94.5 Å². The predicted octanol–water partition coefficient (Wildman–Crippen LogP) is 5.95. The molecule has 42 heavy (non-hydrogen) atoms. The number of hydrogen-bond acceptors (Lipinski definition) is 7. The fourth-order valence-electron chi connectivity index (χ4n) is 6.63. The highest BCUT2D eigenvalue weighted by atomic mass is 79.9. The van der Waals surface area contributed by atoms with Gasteiger partial charge in [0.05, 0.1) is 28.3 Å². The van der Waals surface area contributed by atoms with Crippen LogP contribution in [0.15, 0.2) is 16.6 Å². The maximum absolute atomic E-state index is 16.0. The molecule has 10 nitrogen and oxygen atoms in total. The number of nitriles is 1. The van der Waals surface area contributed by atoms with E-state index in [2.05, 4.69) is 31.9 Å². The van der Waals surface area contributed by atoms with E-state index in [0.717, 1.165) is 19.4 Å². The van der Waals surface area contributed by atoms with Gasteiger partial charge in [-0.2, -0.15) is 5.26 Å². The standard InChI is InChI=1S/C30H37BrFN5O5/c1-16(20-9-7-11-35(20)5)41-23-14-21(19-12-17(8-6-10-33)24(31)25(32)26(19)34-23)37(29(40)42-30(2,3)4)27-18-13-22(27)36(15-18)28(38)39/h12,14,16,18,20,22,27H,6-9,11,13,15H2,1-5H3,(H,38,39)/t16-,18?,20-,22?,27?/m0/s1. The van der Waals surface area contributed by atoms with Crippen molar-refractivity contribution in [3.05, 3.63) is 28.0 Å². The van der Waals surface area contributed by atoms with E-state index in [0.29, 0.717) is 36.0 Å². The van der Waals surface area contributed by atoms with Gasteiger partial charge in [-0.15, -0.1) is 0 Å². The molecule has 5 atom stereocenters. The monoisotopic (exact) mass is 645 g/mol. The Labute approximate surface area is 253 Å². The Morgan fingerprint density at radius 2 is 2.10 bits per heavy atom. The average Bonchev–Trinajstić information content (AvgIpc) is 3.63. The van der Waals surface area contributed by atoms with E-state index in [1.807, 2.05) is 14.0 Å². The van der Waals surface area contributed by atoms with Gasteiger partial charge < -0.3 is 19.5 Å². The Hall–Kier alpha value is -3.17. The lowest BCUT2D eigenvalue weighted by Gasteiger charge is -2.44. The van der Waals surface area contributed by atoms with Crippen molar-refractivity contribution in [1.29, 1.82) is 5.26 Å². The second kappa shape index (κ2) is 11.5. The number of carbonyl (C=O) groups is 2. The van der Waals surface area contributed by atoms with Crippen molar-refractivity contribution in [2.75, 3.05) is 25.0 Å². The molecule has 1 aromatic carbocycles. The fraction of sp³-hybridized carbons (Fsp3) is 0.600. The molecule has 1 saturated carbocycles. The highest BCUT2D eigenvalue weighted by Crippen LogP contribution is 2.48. The first-order valence-electron chi connectivity index (χ1n) is 14.4. The summed E-state index contributed by atoms with van der Waals surface area (Å²) in [5.74, 6) is -0.558. The van der Waals surface area contributed by atoms with Crippen molar-refractivity contribution in [2.24, 2.45) is 5.92 Å². The summed E-state index contributed by atoms with van der Waals surface area (Å²) < 4.78 is 28.4. The third kappa shape index (κ3) is 5.61. The van der Waals surface area contributed by atoms with Gasteiger partial charge in [-0.25, -0.2) is 19.0 Å². The van der Waals surface area contributed by atoms with Crippen molar-refractivity contribution in [1.82, 2.24) is 14.8 Å². The minimum Gasteiger partial charge on any atom is -0.473 e. The van der Waals surface area contributed by atoms with Crippen LogP contribution in [0.5, 0.6) is 5.88 Å². The number of pyridine rings is 1. The number of halogens is 2. The van der Waals surface area contributed by atoms with Crippen LogP contribution < -0.4 is 9.64 Å². The van der Waals surface area contributed by atoms with Gasteiger partial charge in [-0.1, -0.05) is 0 Å². The number of nitrogens with zero attached hydrogens (tertiary/aromatic N) is 5. The van der Waals surface area contributed by atoms with E-state index < -0.39 is 35.7 Å². The van der Waals surface area contributed by atoms with Crippen LogP contribution in [0.1, 0.15) is 58.9 Å². The number of benzene rings is 1. The first kappa shape index (κ1) is 30.3. The lowest BCUT2D eigenvalue weighted by Crippen LogP contribution is -2.58. The van der Waals surface area contributed by atoms with Gasteiger partial charge >= 0.3 is 12.2 Å². The molecule has 3 saturated heterocycles. The van der Waals surface area contributed by atoms with Crippen molar-refractivity contribution in [3.63, 3.8) is 0 Å². The minimum atomic E-state index is -1.04. The van der Waals surface area contributed by atoms with Crippen molar-refractivity contribution in [2.45, 2.75) is 89.6 Å². The minimum absolute atomic E-state index is 0.0115. The molecule has 3 aliphatic heterocycles. The van der Waals surface area contributed by atoms with E-state index in [-0.39, 0.29) is 40.4 Å². The number of amides is 2. The molecule has 1 N–H and O–H groups in total. The summed E-state index contributed by atoms with van der Waals surface area (Å²) in [7, 11) is 2.04. The molecular weight excluding hydrogens is 609 g/mol. The molecule has 2 bridgehead atoms. The molecule has 6 rings (SSSR count). The lowest BCUT2D eigenvalue weighted by molar-refractivity contribution is 0.0517. The summed E-state index contributed by atoms with van der Waals surface area (Å²) in [6, 6.07) is 4.72. The van der Waals surface area contributed by atoms with Crippen LogP contribution in [-0.4, -0.2) is 82.0 Å². The molecule has 3 unspecified atom stereocenters. The zero-order chi connectivity index (χ0) is 30.5. The Morgan fingerprint density at radius 3 is 2.69 bits per heavy atom. The molecule has 0 radical (unpaired) electrons. The zero-order valence-corrected chi connectivity index (χ0v) is 26.1. The van der Waals surface area contributed by atoms with Crippen LogP contribution in [0.3, 0.4) is 0 Å². The summed E-state index contributed by atoms with van der Waals surface area (Å²) >= 11 is 3.36. The quantitative estimate of drug-likeness (QED) is 0.393. The van der Waals surface area contributed by atoms with Crippen LogP contribution in [0.25, 0.3) is 10.9 Å². The van der Waals surface area contributed by atoms with Gasteiger partial charge in [0.2, 0.25) is 5.88 Å². The average molecular weight is 647 g/mol. The lowest BCUT2D eigenvalue weighted by atomic mass is 9.78. The molecular formula is C30H37BrFN5O5. The van der Waals surface area contributed by atoms with Crippen LogP contribution >= 0.6 is 15.9 Å². The second-order valence-corrected chi connectivity index (χ2v) is 13.3. The van der Waals surface area contributed by atoms with Crippen LogP contribution in [0, 0.1) is 23.1 Å². The Kier molecular flexibility index (Phi) is 8.29. The molecule has 0 spiro atoms. The third-order valence-electron chi connectivity index (χ3n) is 8.59. The fourth-order valence-corrected chi connectivity index (χ4v) is 7.13. The smallest absolute Gasteiger partial charge is 0.415 e. The van der Waals surface area contributed by atoms with Crippen LogP contribution in [-0.2, 0) is 11.2 Å². The second-order valence-electron chi connectivity index (χ2n) is 12.5. The summed E-state index contributed by atoms with van der Waals surface area (Å²) in [6.45, 7) is 8.50. The van der Waals surface area contributed by atoms with Crippen LogP contribution in [0.4, 0.5) is 19.7 Å². The van der Waals surface area contributed by atoms with Crippen molar-refractivity contribution < 1.29 is 28.6 Å². The van der Waals surface area contributed by atoms with Gasteiger partial charge in [-0.3, -0.25) is 9.80 Å². The molecule has 4 fully saturated rings. The van der Waals surface area contributed by atoms with Crippen molar-refractivity contribution >= 4 is 44.7 Å². The largest absolute Gasteiger partial charge is 0.473 e. The number of anilines is 1. The van der Waals surface area contributed by atoms with Gasteiger partial charge in [0, 0.05) is 36.4 Å². The summed E-state index contributed by atoms with van der Waals surface area (Å²) in [6.07, 6.45) is 1.15. The predicted molar refractivity (Wildman–Crippen MR) is 158 cm³/mol. The van der Waals surface area contributed by atoms with Crippen LogP contribution in [0.2, 0.25) is 0 Å².